The molecule has 3 aromatic rings. The molecule has 0 amide bonds. The fraction of sp³-hybridized carbons (Fsp3) is 0.190. The van der Waals surface area contributed by atoms with Crippen molar-refractivity contribution in [3.63, 3.8) is 0 Å². The first-order valence-electron chi connectivity index (χ1n) is 8.10. The van der Waals surface area contributed by atoms with Gasteiger partial charge in [-0.15, -0.1) is 0 Å². The summed E-state index contributed by atoms with van der Waals surface area (Å²) in [6, 6.07) is 18.3. The van der Waals surface area contributed by atoms with Crippen LogP contribution in [-0.4, -0.2) is 17.6 Å². The monoisotopic (exact) mass is 397 g/mol. The van der Waals surface area contributed by atoms with E-state index in [1.807, 2.05) is 49.4 Å². The van der Waals surface area contributed by atoms with Gasteiger partial charge in [-0.3, -0.25) is 0 Å². The van der Waals surface area contributed by atoms with Gasteiger partial charge in [0.25, 0.3) is 0 Å². The van der Waals surface area contributed by atoms with E-state index < -0.39 is 0 Å². The number of rotatable bonds is 4. The molecule has 0 aliphatic carbocycles. The van der Waals surface area contributed by atoms with Gasteiger partial charge in [-0.1, -0.05) is 58.4 Å². The fourth-order valence-electron chi connectivity index (χ4n) is 3.21. The largest absolute Gasteiger partial charge is 0.465 e. The van der Waals surface area contributed by atoms with Crippen LogP contribution < -0.4 is 0 Å². The number of hydrogen-bond acceptors (Lipinski definition) is 2. The van der Waals surface area contributed by atoms with E-state index in [4.69, 9.17) is 4.74 Å². The maximum absolute atomic E-state index is 12.5. The van der Waals surface area contributed by atoms with Crippen LogP contribution in [-0.2, 0) is 11.3 Å². The number of ether oxygens (including phenoxy) is 1. The predicted octanol–water partition coefficient (Wildman–Crippen LogP) is 5.37. The van der Waals surface area contributed by atoms with Gasteiger partial charge >= 0.3 is 5.97 Å². The lowest BCUT2D eigenvalue weighted by Gasteiger charge is -2.10. The van der Waals surface area contributed by atoms with Gasteiger partial charge in [-0.05, 0) is 37.1 Å². The van der Waals surface area contributed by atoms with Crippen molar-refractivity contribution in [3.8, 4) is 11.1 Å². The lowest BCUT2D eigenvalue weighted by atomic mass is 10.0. The Hall–Kier alpha value is -2.33. The number of nitrogens with zero attached hydrogens (tertiary/aromatic N) is 1. The van der Waals surface area contributed by atoms with Crippen molar-refractivity contribution in [2.75, 3.05) is 7.11 Å². The molecule has 2 aromatic carbocycles. The molecule has 0 saturated heterocycles. The standard InChI is InChI=1S/C21H20BrNO2/c1-14-19(17-9-11-18(22)12-10-17)20(21(24)25-3)15(2)23(14)13-16-7-5-4-6-8-16/h4-12H,13H2,1-3H3. The van der Waals surface area contributed by atoms with E-state index in [1.165, 1.54) is 12.7 Å². The van der Waals surface area contributed by atoms with E-state index in [9.17, 15) is 4.79 Å². The summed E-state index contributed by atoms with van der Waals surface area (Å²) in [5, 5.41) is 0. The molecule has 1 heterocycles. The minimum atomic E-state index is -0.301. The topological polar surface area (TPSA) is 31.2 Å². The molecular formula is C21H20BrNO2. The number of carbonyl (C=O) groups excluding carboxylic acids is 1. The Morgan fingerprint density at radius 3 is 2.24 bits per heavy atom. The van der Waals surface area contributed by atoms with Crippen LogP contribution >= 0.6 is 15.9 Å². The number of esters is 1. The molecule has 128 valence electrons. The van der Waals surface area contributed by atoms with Gasteiger partial charge in [-0.2, -0.15) is 0 Å². The molecule has 3 rings (SSSR count). The van der Waals surface area contributed by atoms with Gasteiger partial charge in [0.15, 0.2) is 0 Å². The van der Waals surface area contributed by atoms with E-state index in [0.29, 0.717) is 5.56 Å². The molecular weight excluding hydrogens is 378 g/mol. The third kappa shape index (κ3) is 3.40. The number of aromatic nitrogens is 1. The quantitative estimate of drug-likeness (QED) is 0.554. The van der Waals surface area contributed by atoms with E-state index in [0.717, 1.165) is 33.5 Å². The highest BCUT2D eigenvalue weighted by Gasteiger charge is 2.24. The summed E-state index contributed by atoms with van der Waals surface area (Å²) in [5.41, 5.74) is 5.76. The average molecular weight is 398 g/mol. The Morgan fingerprint density at radius 2 is 1.64 bits per heavy atom. The third-order valence-corrected chi connectivity index (χ3v) is 5.02. The Labute approximate surface area is 156 Å². The van der Waals surface area contributed by atoms with Crippen LogP contribution in [0.1, 0.15) is 27.3 Å². The summed E-state index contributed by atoms with van der Waals surface area (Å²) in [4.78, 5) is 12.5. The molecule has 0 fully saturated rings. The smallest absolute Gasteiger partial charge is 0.340 e. The summed E-state index contributed by atoms with van der Waals surface area (Å²) >= 11 is 3.46. The Bertz CT molecular complexity index is 896. The van der Waals surface area contributed by atoms with Crippen LogP contribution in [0.2, 0.25) is 0 Å². The number of hydrogen-bond donors (Lipinski definition) is 0. The molecule has 0 spiro atoms. The second kappa shape index (κ2) is 7.28. The van der Waals surface area contributed by atoms with Gasteiger partial charge in [0.2, 0.25) is 0 Å². The van der Waals surface area contributed by atoms with Crippen LogP contribution in [0.25, 0.3) is 11.1 Å². The molecule has 0 saturated carbocycles. The van der Waals surface area contributed by atoms with Crippen LogP contribution in [0.5, 0.6) is 0 Å². The van der Waals surface area contributed by atoms with Crippen molar-refractivity contribution in [2.24, 2.45) is 0 Å². The van der Waals surface area contributed by atoms with Gasteiger partial charge in [0.1, 0.15) is 0 Å². The molecule has 0 radical (unpaired) electrons. The molecule has 0 bridgehead atoms. The first kappa shape index (κ1) is 17.5. The highest BCUT2D eigenvalue weighted by atomic mass is 79.9. The Balaban J connectivity index is 2.17. The van der Waals surface area contributed by atoms with Crippen molar-refractivity contribution in [1.29, 1.82) is 0 Å². The van der Waals surface area contributed by atoms with Crippen molar-refractivity contribution >= 4 is 21.9 Å². The molecule has 4 heteroatoms. The number of methoxy groups -OCH3 is 1. The van der Waals surface area contributed by atoms with Crippen LogP contribution in [0, 0.1) is 13.8 Å². The maximum Gasteiger partial charge on any atom is 0.340 e. The first-order valence-corrected chi connectivity index (χ1v) is 8.90. The first-order chi connectivity index (χ1) is 12.0. The van der Waals surface area contributed by atoms with Crippen LogP contribution in [0.3, 0.4) is 0 Å². The summed E-state index contributed by atoms with van der Waals surface area (Å²) in [7, 11) is 1.43. The lowest BCUT2D eigenvalue weighted by Crippen LogP contribution is -2.07. The second-order valence-corrected chi connectivity index (χ2v) is 6.91. The number of carbonyl (C=O) groups is 1. The number of halogens is 1. The van der Waals surface area contributed by atoms with Crippen LogP contribution in [0.4, 0.5) is 0 Å². The summed E-state index contributed by atoms with van der Waals surface area (Å²) in [6.45, 7) is 4.75. The van der Waals surface area contributed by atoms with Gasteiger partial charge in [0.05, 0.1) is 12.7 Å². The molecule has 3 nitrogen and oxygen atoms in total. The summed E-state index contributed by atoms with van der Waals surface area (Å²) in [5.74, 6) is -0.301. The zero-order valence-electron chi connectivity index (χ0n) is 14.5. The van der Waals surface area contributed by atoms with Gasteiger partial charge in [0, 0.05) is 28.0 Å². The maximum atomic E-state index is 12.5. The molecule has 0 N–H and O–H groups in total. The predicted molar refractivity (Wildman–Crippen MR) is 104 cm³/mol. The Morgan fingerprint density at radius 1 is 1.00 bits per heavy atom. The molecule has 25 heavy (non-hydrogen) atoms. The second-order valence-electron chi connectivity index (χ2n) is 5.99. The third-order valence-electron chi connectivity index (χ3n) is 4.49. The van der Waals surface area contributed by atoms with Gasteiger partial charge in [-0.25, -0.2) is 4.79 Å². The van der Waals surface area contributed by atoms with Crippen molar-refractivity contribution < 1.29 is 9.53 Å². The summed E-state index contributed by atoms with van der Waals surface area (Å²) in [6.07, 6.45) is 0. The molecule has 0 aliphatic heterocycles. The van der Waals surface area contributed by atoms with E-state index in [2.05, 4.69) is 39.6 Å². The van der Waals surface area contributed by atoms with Crippen molar-refractivity contribution in [3.05, 3.63) is 81.6 Å². The van der Waals surface area contributed by atoms with E-state index in [-0.39, 0.29) is 5.97 Å². The normalized spacial score (nSPS) is 10.7. The van der Waals surface area contributed by atoms with Crippen molar-refractivity contribution in [1.82, 2.24) is 4.57 Å². The molecule has 1 aromatic heterocycles. The Kier molecular flexibility index (Phi) is 5.09. The summed E-state index contributed by atoms with van der Waals surface area (Å²) < 4.78 is 8.25. The zero-order chi connectivity index (χ0) is 18.0. The SMILES string of the molecule is COC(=O)c1c(-c2ccc(Br)cc2)c(C)n(Cc2ccccc2)c1C. The van der Waals surface area contributed by atoms with E-state index in [1.54, 1.807) is 0 Å². The highest BCUT2D eigenvalue weighted by Crippen LogP contribution is 2.34. The van der Waals surface area contributed by atoms with Crippen molar-refractivity contribution in [2.45, 2.75) is 20.4 Å². The molecule has 0 aliphatic rings. The molecule has 0 atom stereocenters. The zero-order valence-corrected chi connectivity index (χ0v) is 16.1. The van der Waals surface area contributed by atoms with E-state index >= 15 is 0 Å². The lowest BCUT2D eigenvalue weighted by molar-refractivity contribution is 0.0600. The van der Waals surface area contributed by atoms with Gasteiger partial charge < -0.3 is 9.30 Å². The molecule has 0 unspecified atom stereocenters. The van der Waals surface area contributed by atoms with Crippen LogP contribution in [0.15, 0.2) is 59.1 Å². The average Bonchev–Trinajstić information content (AvgIpc) is 2.87. The number of benzene rings is 2. The fourth-order valence-corrected chi connectivity index (χ4v) is 3.47. The minimum Gasteiger partial charge on any atom is -0.465 e. The minimum absolute atomic E-state index is 0.301. The highest BCUT2D eigenvalue weighted by molar-refractivity contribution is 9.10.